The van der Waals surface area contributed by atoms with Crippen LogP contribution in [0.25, 0.3) is 10.9 Å². The second-order valence-corrected chi connectivity index (χ2v) is 6.14. The molecule has 0 bridgehead atoms. The van der Waals surface area contributed by atoms with Gasteiger partial charge in [0.25, 0.3) is 5.91 Å². The van der Waals surface area contributed by atoms with Gasteiger partial charge in [0.2, 0.25) is 0 Å². The second-order valence-electron chi connectivity index (χ2n) is 5.36. The Morgan fingerprint density at radius 3 is 2.91 bits per heavy atom. The Bertz CT molecular complexity index is 763. The number of H-pyrrole nitrogens is 1. The highest BCUT2D eigenvalue weighted by Crippen LogP contribution is 2.20. The fourth-order valence-corrected chi connectivity index (χ4v) is 3.18. The number of amides is 1. The van der Waals surface area contributed by atoms with Crippen molar-refractivity contribution in [1.82, 2.24) is 20.4 Å². The van der Waals surface area contributed by atoms with Gasteiger partial charge >= 0.3 is 0 Å². The van der Waals surface area contributed by atoms with Gasteiger partial charge in [0.15, 0.2) is 5.69 Å². The number of aromatic nitrogens is 2. The molecular weight excluding hydrogens is 296 g/mol. The van der Waals surface area contributed by atoms with Crippen molar-refractivity contribution in [2.24, 2.45) is 0 Å². The summed E-state index contributed by atoms with van der Waals surface area (Å²) in [5.41, 5.74) is 2.52. The molecule has 0 fully saturated rings. The molecule has 22 heavy (non-hydrogen) atoms. The molecule has 0 aliphatic carbocycles. The highest BCUT2D eigenvalue weighted by molar-refractivity contribution is 7.07. The van der Waals surface area contributed by atoms with Gasteiger partial charge in [0.1, 0.15) is 0 Å². The summed E-state index contributed by atoms with van der Waals surface area (Å²) in [4.78, 5) is 14.5. The van der Waals surface area contributed by atoms with E-state index in [1.807, 2.05) is 38.4 Å². The molecule has 1 atom stereocenters. The van der Waals surface area contributed by atoms with E-state index < -0.39 is 0 Å². The summed E-state index contributed by atoms with van der Waals surface area (Å²) in [6.45, 7) is 0.545. The van der Waals surface area contributed by atoms with Gasteiger partial charge in [-0.25, -0.2) is 0 Å². The molecule has 6 heteroatoms. The van der Waals surface area contributed by atoms with Crippen molar-refractivity contribution >= 4 is 28.1 Å². The van der Waals surface area contributed by atoms with E-state index in [0.29, 0.717) is 12.2 Å². The Hall–Kier alpha value is -2.18. The van der Waals surface area contributed by atoms with Crippen molar-refractivity contribution in [2.75, 3.05) is 20.6 Å². The van der Waals surface area contributed by atoms with E-state index in [2.05, 4.69) is 37.2 Å². The number of fused-ring (bicyclic) bond motifs is 1. The number of rotatable bonds is 5. The normalized spacial score (nSPS) is 12.7. The average Bonchev–Trinajstić information content (AvgIpc) is 3.16. The fraction of sp³-hybridized carbons (Fsp3) is 0.250. The molecule has 2 heterocycles. The van der Waals surface area contributed by atoms with E-state index in [1.54, 1.807) is 11.3 Å². The van der Waals surface area contributed by atoms with Crippen molar-refractivity contribution in [1.29, 1.82) is 0 Å². The van der Waals surface area contributed by atoms with E-state index in [0.717, 1.165) is 10.9 Å². The molecule has 0 unspecified atom stereocenters. The van der Waals surface area contributed by atoms with Crippen LogP contribution in [0.1, 0.15) is 22.1 Å². The molecule has 114 valence electrons. The minimum Gasteiger partial charge on any atom is -0.349 e. The van der Waals surface area contributed by atoms with Crippen LogP contribution in [-0.4, -0.2) is 41.6 Å². The van der Waals surface area contributed by atoms with E-state index in [-0.39, 0.29) is 11.9 Å². The van der Waals surface area contributed by atoms with Crippen LogP contribution in [-0.2, 0) is 0 Å². The maximum atomic E-state index is 12.4. The first-order valence-corrected chi connectivity index (χ1v) is 8.01. The Kier molecular flexibility index (Phi) is 4.22. The maximum Gasteiger partial charge on any atom is 0.272 e. The molecule has 0 aliphatic rings. The largest absolute Gasteiger partial charge is 0.349 e. The first kappa shape index (κ1) is 14.7. The fourth-order valence-electron chi connectivity index (χ4n) is 2.47. The SMILES string of the molecule is CN(C)[C@H](CNC(=O)c1n[nH]c2ccccc12)c1ccsc1. The lowest BCUT2D eigenvalue weighted by Gasteiger charge is -2.23. The molecule has 1 amide bonds. The number of nitrogens with zero attached hydrogens (tertiary/aromatic N) is 2. The van der Waals surface area contributed by atoms with Crippen molar-refractivity contribution in [3.05, 3.63) is 52.3 Å². The molecule has 2 N–H and O–H groups in total. The lowest BCUT2D eigenvalue weighted by molar-refractivity contribution is 0.0938. The number of hydrogen-bond acceptors (Lipinski definition) is 4. The van der Waals surface area contributed by atoms with E-state index in [1.165, 1.54) is 5.56 Å². The second kappa shape index (κ2) is 6.29. The number of likely N-dealkylation sites (N-methyl/N-ethyl adjacent to an activating group) is 1. The van der Waals surface area contributed by atoms with Crippen molar-refractivity contribution in [3.8, 4) is 0 Å². The number of benzene rings is 1. The third-order valence-electron chi connectivity index (χ3n) is 3.69. The van der Waals surface area contributed by atoms with Crippen molar-refractivity contribution in [3.63, 3.8) is 0 Å². The van der Waals surface area contributed by atoms with Gasteiger partial charge in [0.05, 0.1) is 11.6 Å². The van der Waals surface area contributed by atoms with Crippen LogP contribution in [0.4, 0.5) is 0 Å². The van der Waals surface area contributed by atoms with Crippen LogP contribution < -0.4 is 5.32 Å². The standard InChI is InChI=1S/C16H18N4OS/c1-20(2)14(11-7-8-22-10-11)9-17-16(21)15-12-5-3-4-6-13(12)18-19-15/h3-8,10,14H,9H2,1-2H3,(H,17,21)(H,18,19)/t14-/m1/s1. The smallest absolute Gasteiger partial charge is 0.272 e. The summed E-state index contributed by atoms with van der Waals surface area (Å²) in [7, 11) is 4.02. The minimum atomic E-state index is -0.153. The Morgan fingerprint density at radius 1 is 1.36 bits per heavy atom. The monoisotopic (exact) mass is 314 g/mol. The molecule has 0 saturated heterocycles. The molecule has 5 nitrogen and oxygen atoms in total. The summed E-state index contributed by atoms with van der Waals surface area (Å²) in [5.74, 6) is -0.153. The van der Waals surface area contributed by atoms with Crippen molar-refractivity contribution < 1.29 is 4.79 Å². The summed E-state index contributed by atoms with van der Waals surface area (Å²) in [5, 5.41) is 15.0. The van der Waals surface area contributed by atoms with Gasteiger partial charge in [-0.05, 0) is 42.6 Å². The van der Waals surface area contributed by atoms with Gasteiger partial charge < -0.3 is 10.2 Å². The lowest BCUT2D eigenvalue weighted by Crippen LogP contribution is -2.34. The summed E-state index contributed by atoms with van der Waals surface area (Å²) in [6, 6.07) is 9.87. The minimum absolute atomic E-state index is 0.153. The summed E-state index contributed by atoms with van der Waals surface area (Å²) in [6.07, 6.45) is 0. The molecule has 2 aromatic heterocycles. The summed E-state index contributed by atoms with van der Waals surface area (Å²) >= 11 is 1.66. The molecule has 3 aromatic rings. The van der Waals surface area contributed by atoms with E-state index >= 15 is 0 Å². The van der Waals surface area contributed by atoms with Crippen LogP contribution in [0.2, 0.25) is 0 Å². The zero-order valence-corrected chi connectivity index (χ0v) is 13.4. The molecule has 0 radical (unpaired) electrons. The van der Waals surface area contributed by atoms with Gasteiger partial charge in [-0.15, -0.1) is 0 Å². The first-order valence-electron chi connectivity index (χ1n) is 7.06. The predicted molar refractivity (Wildman–Crippen MR) is 89.2 cm³/mol. The lowest BCUT2D eigenvalue weighted by atomic mass is 10.1. The molecule has 0 aliphatic heterocycles. The zero-order chi connectivity index (χ0) is 15.5. The molecule has 1 aromatic carbocycles. The van der Waals surface area contributed by atoms with Crippen LogP contribution in [0.3, 0.4) is 0 Å². The van der Waals surface area contributed by atoms with Crippen LogP contribution in [0.5, 0.6) is 0 Å². The number of aromatic amines is 1. The number of carbonyl (C=O) groups excluding carboxylic acids is 1. The Balaban J connectivity index is 1.74. The quantitative estimate of drug-likeness (QED) is 0.761. The third kappa shape index (κ3) is 2.88. The topological polar surface area (TPSA) is 61.0 Å². The summed E-state index contributed by atoms with van der Waals surface area (Å²) < 4.78 is 0. The van der Waals surface area contributed by atoms with Gasteiger partial charge in [-0.3, -0.25) is 9.89 Å². The van der Waals surface area contributed by atoms with Crippen LogP contribution in [0, 0.1) is 0 Å². The number of nitrogens with one attached hydrogen (secondary N) is 2. The predicted octanol–water partition coefficient (Wildman–Crippen LogP) is 2.66. The number of para-hydroxylation sites is 1. The molecule has 0 saturated carbocycles. The average molecular weight is 314 g/mol. The van der Waals surface area contributed by atoms with E-state index in [4.69, 9.17) is 0 Å². The number of carbonyl (C=O) groups is 1. The third-order valence-corrected chi connectivity index (χ3v) is 4.39. The molecule has 3 rings (SSSR count). The first-order chi connectivity index (χ1) is 10.7. The Morgan fingerprint density at radius 2 is 2.18 bits per heavy atom. The molecular formula is C16H18N4OS. The Labute approximate surface area is 133 Å². The van der Waals surface area contributed by atoms with Gasteiger partial charge in [-0.1, -0.05) is 18.2 Å². The van der Waals surface area contributed by atoms with Crippen molar-refractivity contribution in [2.45, 2.75) is 6.04 Å². The van der Waals surface area contributed by atoms with Crippen LogP contribution >= 0.6 is 11.3 Å². The van der Waals surface area contributed by atoms with Gasteiger partial charge in [0, 0.05) is 11.9 Å². The maximum absolute atomic E-state index is 12.4. The number of thiophene rings is 1. The van der Waals surface area contributed by atoms with Gasteiger partial charge in [-0.2, -0.15) is 16.4 Å². The highest BCUT2D eigenvalue weighted by atomic mass is 32.1. The molecule has 0 spiro atoms. The zero-order valence-electron chi connectivity index (χ0n) is 12.5. The highest BCUT2D eigenvalue weighted by Gasteiger charge is 2.18. The van der Waals surface area contributed by atoms with E-state index in [9.17, 15) is 4.79 Å². The number of hydrogen-bond donors (Lipinski definition) is 2. The van der Waals surface area contributed by atoms with Crippen LogP contribution in [0.15, 0.2) is 41.1 Å².